The Morgan fingerprint density at radius 2 is 1.89 bits per heavy atom. The SMILES string of the molecule is O[C@@H]1CCCC[C@H]1n1c(Br)nc2cc(Cl)c(Cl)cc21. The number of benzene rings is 1. The fourth-order valence-electron chi connectivity index (χ4n) is 2.77. The molecule has 0 radical (unpaired) electrons. The summed E-state index contributed by atoms with van der Waals surface area (Å²) >= 11 is 15.6. The molecule has 1 aliphatic rings. The summed E-state index contributed by atoms with van der Waals surface area (Å²) in [5.74, 6) is 0. The van der Waals surface area contributed by atoms with E-state index in [0.717, 1.165) is 36.7 Å². The van der Waals surface area contributed by atoms with Crippen LogP contribution in [-0.4, -0.2) is 20.8 Å². The van der Waals surface area contributed by atoms with Crippen molar-refractivity contribution in [3.63, 3.8) is 0 Å². The minimum absolute atomic E-state index is 0.0466. The van der Waals surface area contributed by atoms with E-state index in [1.54, 1.807) is 6.07 Å². The van der Waals surface area contributed by atoms with Crippen LogP contribution in [0.4, 0.5) is 0 Å². The van der Waals surface area contributed by atoms with Gasteiger partial charge in [-0.2, -0.15) is 0 Å². The molecule has 1 aliphatic carbocycles. The van der Waals surface area contributed by atoms with Crippen molar-refractivity contribution >= 4 is 50.2 Å². The van der Waals surface area contributed by atoms with Gasteiger partial charge in [0.15, 0.2) is 4.73 Å². The number of hydrogen-bond acceptors (Lipinski definition) is 2. The highest BCUT2D eigenvalue weighted by molar-refractivity contribution is 9.10. The van der Waals surface area contributed by atoms with Gasteiger partial charge in [-0.1, -0.05) is 36.0 Å². The Balaban J connectivity index is 2.16. The third-order valence-corrected chi connectivity index (χ3v) is 5.00. The summed E-state index contributed by atoms with van der Waals surface area (Å²) < 4.78 is 2.74. The first-order valence-corrected chi connectivity index (χ1v) is 7.83. The van der Waals surface area contributed by atoms with Crippen LogP contribution in [0.3, 0.4) is 0 Å². The Hall–Kier alpha value is -0.290. The molecule has 1 fully saturated rings. The lowest BCUT2D eigenvalue weighted by molar-refractivity contribution is 0.0763. The lowest BCUT2D eigenvalue weighted by atomic mass is 9.92. The molecule has 1 aromatic carbocycles. The molecule has 0 saturated heterocycles. The van der Waals surface area contributed by atoms with Gasteiger partial charge < -0.3 is 9.67 Å². The monoisotopic (exact) mass is 362 g/mol. The average Bonchev–Trinajstić information content (AvgIpc) is 2.66. The van der Waals surface area contributed by atoms with E-state index >= 15 is 0 Å². The van der Waals surface area contributed by atoms with E-state index in [1.165, 1.54) is 0 Å². The van der Waals surface area contributed by atoms with Gasteiger partial charge in [0.2, 0.25) is 0 Å². The second-order valence-electron chi connectivity index (χ2n) is 4.93. The first-order chi connectivity index (χ1) is 9.08. The van der Waals surface area contributed by atoms with E-state index in [9.17, 15) is 5.11 Å². The molecular weight excluding hydrogens is 351 g/mol. The van der Waals surface area contributed by atoms with Crippen LogP contribution < -0.4 is 0 Å². The molecule has 1 saturated carbocycles. The highest BCUT2D eigenvalue weighted by Gasteiger charge is 2.28. The van der Waals surface area contributed by atoms with E-state index in [-0.39, 0.29) is 12.1 Å². The third-order valence-electron chi connectivity index (χ3n) is 3.71. The van der Waals surface area contributed by atoms with Crippen LogP contribution in [0.5, 0.6) is 0 Å². The molecule has 3 rings (SSSR count). The molecule has 6 heteroatoms. The van der Waals surface area contributed by atoms with Crippen molar-refractivity contribution in [1.82, 2.24) is 9.55 Å². The highest BCUT2D eigenvalue weighted by Crippen LogP contribution is 2.36. The zero-order chi connectivity index (χ0) is 13.6. The zero-order valence-electron chi connectivity index (χ0n) is 10.1. The summed E-state index contributed by atoms with van der Waals surface area (Å²) in [7, 11) is 0. The topological polar surface area (TPSA) is 38.0 Å². The molecular formula is C13H13BrCl2N2O. The maximum absolute atomic E-state index is 10.2. The van der Waals surface area contributed by atoms with Crippen LogP contribution in [0.25, 0.3) is 11.0 Å². The van der Waals surface area contributed by atoms with Crippen LogP contribution >= 0.6 is 39.1 Å². The predicted molar refractivity (Wildman–Crippen MR) is 81.0 cm³/mol. The first-order valence-electron chi connectivity index (χ1n) is 6.28. The molecule has 3 nitrogen and oxygen atoms in total. The van der Waals surface area contributed by atoms with Crippen molar-refractivity contribution in [3.05, 3.63) is 26.9 Å². The van der Waals surface area contributed by atoms with Gasteiger partial charge in [0, 0.05) is 0 Å². The summed E-state index contributed by atoms with van der Waals surface area (Å²) in [6, 6.07) is 3.62. The fraction of sp³-hybridized carbons (Fsp3) is 0.462. The van der Waals surface area contributed by atoms with Crippen LogP contribution in [0.1, 0.15) is 31.7 Å². The molecule has 0 aliphatic heterocycles. The molecule has 1 aromatic heterocycles. The lowest BCUT2D eigenvalue weighted by Crippen LogP contribution is -2.27. The Morgan fingerprint density at radius 1 is 1.21 bits per heavy atom. The molecule has 2 aromatic rings. The molecule has 1 N–H and O–H groups in total. The summed E-state index contributed by atoms with van der Waals surface area (Å²) in [5, 5.41) is 11.2. The Kier molecular flexibility index (Phi) is 3.78. The minimum atomic E-state index is -0.336. The second kappa shape index (κ2) is 5.24. The molecule has 0 amide bonds. The summed E-state index contributed by atoms with van der Waals surface area (Å²) in [6.07, 6.45) is 3.64. The smallest absolute Gasteiger partial charge is 0.178 e. The van der Waals surface area contributed by atoms with Gasteiger partial charge in [0.05, 0.1) is 33.2 Å². The van der Waals surface area contributed by atoms with Crippen molar-refractivity contribution in [1.29, 1.82) is 0 Å². The Bertz CT molecular complexity index is 629. The van der Waals surface area contributed by atoms with Crippen LogP contribution in [0, 0.1) is 0 Å². The summed E-state index contributed by atoms with van der Waals surface area (Å²) in [5.41, 5.74) is 1.70. The van der Waals surface area contributed by atoms with E-state index in [2.05, 4.69) is 20.9 Å². The normalized spacial score (nSPS) is 24.0. The van der Waals surface area contributed by atoms with E-state index in [0.29, 0.717) is 14.8 Å². The maximum Gasteiger partial charge on any atom is 0.178 e. The maximum atomic E-state index is 10.2. The summed E-state index contributed by atoms with van der Waals surface area (Å²) in [4.78, 5) is 4.45. The second-order valence-corrected chi connectivity index (χ2v) is 6.45. The van der Waals surface area contributed by atoms with E-state index in [1.807, 2.05) is 10.6 Å². The van der Waals surface area contributed by atoms with Gasteiger partial charge in [0.25, 0.3) is 0 Å². The van der Waals surface area contributed by atoms with Gasteiger partial charge >= 0.3 is 0 Å². The number of imidazole rings is 1. The molecule has 0 unspecified atom stereocenters. The molecule has 102 valence electrons. The molecule has 0 bridgehead atoms. The molecule has 1 heterocycles. The number of nitrogens with zero attached hydrogens (tertiary/aromatic N) is 2. The lowest BCUT2D eigenvalue weighted by Gasteiger charge is -2.29. The number of fused-ring (bicyclic) bond motifs is 1. The van der Waals surface area contributed by atoms with Crippen LogP contribution in [-0.2, 0) is 0 Å². The van der Waals surface area contributed by atoms with E-state index < -0.39 is 0 Å². The molecule has 0 spiro atoms. The van der Waals surface area contributed by atoms with Gasteiger partial charge in [-0.25, -0.2) is 4.98 Å². The first kappa shape index (κ1) is 13.7. The van der Waals surface area contributed by atoms with Gasteiger partial charge in [0.1, 0.15) is 0 Å². The number of aromatic nitrogens is 2. The predicted octanol–water partition coefficient (Wildman–Crippen LogP) is 4.58. The number of aliphatic hydroxyl groups excluding tert-OH is 1. The number of halogens is 3. The fourth-order valence-corrected chi connectivity index (χ4v) is 3.73. The Labute approximate surface area is 129 Å². The molecule has 2 atom stereocenters. The highest BCUT2D eigenvalue weighted by atomic mass is 79.9. The third kappa shape index (κ3) is 2.40. The van der Waals surface area contributed by atoms with Gasteiger partial charge in [-0.15, -0.1) is 0 Å². The zero-order valence-corrected chi connectivity index (χ0v) is 13.2. The van der Waals surface area contributed by atoms with Crippen LogP contribution in [0.2, 0.25) is 10.0 Å². The average molecular weight is 364 g/mol. The van der Waals surface area contributed by atoms with Gasteiger partial charge in [-0.3, -0.25) is 0 Å². The van der Waals surface area contributed by atoms with Crippen LogP contribution in [0.15, 0.2) is 16.9 Å². The Morgan fingerprint density at radius 3 is 2.63 bits per heavy atom. The summed E-state index contributed by atoms with van der Waals surface area (Å²) in [6.45, 7) is 0. The van der Waals surface area contributed by atoms with Crippen molar-refractivity contribution in [3.8, 4) is 0 Å². The number of rotatable bonds is 1. The van der Waals surface area contributed by atoms with Gasteiger partial charge in [-0.05, 0) is 40.9 Å². The quantitative estimate of drug-likeness (QED) is 0.805. The number of aliphatic hydroxyl groups is 1. The largest absolute Gasteiger partial charge is 0.391 e. The minimum Gasteiger partial charge on any atom is -0.391 e. The van der Waals surface area contributed by atoms with Crippen molar-refractivity contribution in [2.24, 2.45) is 0 Å². The standard InChI is InChI=1S/C13H13BrCl2N2O/c14-13-17-9-5-7(15)8(16)6-11(9)18(13)10-3-1-2-4-12(10)19/h5-6,10,12,19H,1-4H2/t10-,12-/m1/s1. The van der Waals surface area contributed by atoms with E-state index in [4.69, 9.17) is 23.2 Å². The molecule has 19 heavy (non-hydrogen) atoms. The number of hydrogen-bond donors (Lipinski definition) is 1. The van der Waals surface area contributed by atoms with Crippen molar-refractivity contribution < 1.29 is 5.11 Å². The van der Waals surface area contributed by atoms with Crippen molar-refractivity contribution in [2.45, 2.75) is 37.8 Å². The van der Waals surface area contributed by atoms with Crippen molar-refractivity contribution in [2.75, 3.05) is 0 Å².